The van der Waals surface area contributed by atoms with Gasteiger partial charge in [-0.3, -0.25) is 0 Å². The molecule has 0 amide bonds. The highest BCUT2D eigenvalue weighted by molar-refractivity contribution is 6.83. The molecule has 0 bridgehead atoms. The molecule has 2 saturated carbocycles. The largest absolute Gasteiger partial charge is 0.0808 e. The van der Waals surface area contributed by atoms with Crippen LogP contribution in [0.3, 0.4) is 0 Å². The molecule has 0 aliphatic heterocycles. The van der Waals surface area contributed by atoms with Gasteiger partial charge in [-0.25, -0.2) is 0 Å². The molecule has 2 fully saturated rings. The molecule has 6 rings (SSSR count). The maximum absolute atomic E-state index is 2.66. The second kappa shape index (κ2) is 12.0. The molecule has 0 spiro atoms. The molecule has 8 atom stereocenters. The van der Waals surface area contributed by atoms with Gasteiger partial charge in [0.25, 0.3) is 0 Å². The Kier molecular flexibility index (Phi) is 8.69. The van der Waals surface area contributed by atoms with Crippen molar-refractivity contribution in [2.45, 2.75) is 116 Å². The molecule has 2 aromatic carbocycles. The summed E-state index contributed by atoms with van der Waals surface area (Å²) in [4.78, 5) is 0. The van der Waals surface area contributed by atoms with Gasteiger partial charge in [-0.15, -0.1) is 0 Å². The molecule has 240 valence electrons. The Morgan fingerprint density at radius 2 is 0.933 bits per heavy atom. The first-order valence-electron chi connectivity index (χ1n) is 18.3. The highest BCUT2D eigenvalue weighted by Crippen LogP contribution is 2.66. The lowest BCUT2D eigenvalue weighted by Gasteiger charge is -2.49. The zero-order chi connectivity index (χ0) is 32.3. The van der Waals surface area contributed by atoms with Gasteiger partial charge in [0, 0.05) is 0 Å². The van der Waals surface area contributed by atoms with Crippen molar-refractivity contribution in [1.82, 2.24) is 0 Å². The van der Waals surface area contributed by atoms with Crippen LogP contribution < -0.4 is 0 Å². The SMILES string of the molecule is CC[Si](CC)(C1C(C)CC2C(c3ccc(C(C)(C)C)cc3)=CC=CC21)C1C(C)CC2C(c3ccc(C(C)(C)C)cc3)=CC=CC21. The maximum atomic E-state index is 2.66. The van der Waals surface area contributed by atoms with Gasteiger partial charge in [-0.1, -0.05) is 166 Å². The van der Waals surface area contributed by atoms with Crippen molar-refractivity contribution in [3.05, 3.63) is 107 Å². The summed E-state index contributed by atoms with van der Waals surface area (Å²) in [7, 11) is -1.71. The minimum atomic E-state index is -1.71. The molecule has 0 radical (unpaired) electrons. The fourth-order valence-corrected chi connectivity index (χ4v) is 18.5. The average molecular weight is 617 g/mol. The summed E-state index contributed by atoms with van der Waals surface area (Å²) in [6, 6.07) is 22.0. The van der Waals surface area contributed by atoms with Crippen molar-refractivity contribution < 1.29 is 0 Å². The highest BCUT2D eigenvalue weighted by Gasteiger charge is 2.60. The molecule has 1 heteroatoms. The Morgan fingerprint density at radius 3 is 1.24 bits per heavy atom. The molecular weight excluding hydrogens is 557 g/mol. The van der Waals surface area contributed by atoms with Crippen LogP contribution in [0, 0.1) is 35.5 Å². The first kappa shape index (κ1) is 32.6. The number of rotatable bonds is 6. The van der Waals surface area contributed by atoms with Gasteiger partial charge in [0.1, 0.15) is 0 Å². The topological polar surface area (TPSA) is 0 Å². The van der Waals surface area contributed by atoms with Crippen molar-refractivity contribution in [3.63, 3.8) is 0 Å². The fourth-order valence-electron chi connectivity index (χ4n) is 10.9. The van der Waals surface area contributed by atoms with Crippen LogP contribution in [-0.2, 0) is 10.8 Å². The lowest BCUT2D eigenvalue weighted by atomic mass is 9.80. The van der Waals surface area contributed by atoms with E-state index in [0.29, 0.717) is 23.7 Å². The van der Waals surface area contributed by atoms with E-state index in [4.69, 9.17) is 0 Å². The number of allylic oxidation sites excluding steroid dienone is 8. The van der Waals surface area contributed by atoms with Crippen LogP contribution in [0.25, 0.3) is 11.1 Å². The van der Waals surface area contributed by atoms with Gasteiger partial charge in [-0.05, 0) is 104 Å². The molecule has 0 saturated heterocycles. The van der Waals surface area contributed by atoms with Gasteiger partial charge in [0.05, 0.1) is 8.07 Å². The predicted molar refractivity (Wildman–Crippen MR) is 200 cm³/mol. The normalized spacial score (nSPS) is 31.4. The average Bonchev–Trinajstić information content (AvgIpc) is 3.54. The van der Waals surface area contributed by atoms with Crippen molar-refractivity contribution in [3.8, 4) is 0 Å². The van der Waals surface area contributed by atoms with E-state index >= 15 is 0 Å². The van der Waals surface area contributed by atoms with Gasteiger partial charge in [-0.2, -0.15) is 0 Å². The van der Waals surface area contributed by atoms with Crippen molar-refractivity contribution in [1.29, 1.82) is 0 Å². The highest BCUT2D eigenvalue weighted by atomic mass is 28.3. The lowest BCUT2D eigenvalue weighted by molar-refractivity contribution is 0.486. The van der Waals surface area contributed by atoms with Crippen molar-refractivity contribution >= 4 is 19.2 Å². The summed E-state index contributed by atoms with van der Waals surface area (Å²) in [5.41, 5.74) is 11.1. The molecule has 4 aliphatic rings. The van der Waals surface area contributed by atoms with Gasteiger partial charge in [0.2, 0.25) is 0 Å². The second-order valence-corrected chi connectivity index (χ2v) is 22.7. The summed E-state index contributed by atoms with van der Waals surface area (Å²) >= 11 is 0. The van der Waals surface area contributed by atoms with E-state index in [1.54, 1.807) is 11.1 Å². The van der Waals surface area contributed by atoms with Crippen molar-refractivity contribution in [2.75, 3.05) is 0 Å². The summed E-state index contributed by atoms with van der Waals surface area (Å²) in [5.74, 6) is 4.26. The molecule has 0 N–H and O–H groups in total. The Balaban J connectivity index is 1.31. The van der Waals surface area contributed by atoms with Crippen LogP contribution in [0.1, 0.15) is 104 Å². The molecule has 4 aliphatic carbocycles. The van der Waals surface area contributed by atoms with E-state index in [2.05, 4.69) is 154 Å². The second-order valence-electron chi connectivity index (χ2n) is 17.5. The van der Waals surface area contributed by atoms with Gasteiger partial charge in [0.15, 0.2) is 0 Å². The van der Waals surface area contributed by atoms with Crippen LogP contribution in [-0.4, -0.2) is 8.07 Å². The summed E-state index contributed by atoms with van der Waals surface area (Å²) in [6.45, 7) is 24.4. The Bertz CT molecular complexity index is 1370. The van der Waals surface area contributed by atoms with Crippen molar-refractivity contribution in [2.24, 2.45) is 35.5 Å². The molecular formula is C44H60Si. The molecule has 45 heavy (non-hydrogen) atoms. The quantitative estimate of drug-likeness (QED) is 0.283. The van der Waals surface area contributed by atoms with Gasteiger partial charge < -0.3 is 0 Å². The predicted octanol–water partition coefficient (Wildman–Crippen LogP) is 12.7. The van der Waals surface area contributed by atoms with E-state index in [0.717, 1.165) is 22.9 Å². The molecule has 0 aromatic heterocycles. The minimum Gasteiger partial charge on any atom is -0.0808 e. The smallest absolute Gasteiger partial charge is 0.0609 e. The summed E-state index contributed by atoms with van der Waals surface area (Å²) in [6.07, 6.45) is 17.8. The van der Waals surface area contributed by atoms with E-state index in [-0.39, 0.29) is 10.8 Å². The Morgan fingerprint density at radius 1 is 0.578 bits per heavy atom. The van der Waals surface area contributed by atoms with Crippen LogP contribution >= 0.6 is 0 Å². The maximum Gasteiger partial charge on any atom is 0.0609 e. The van der Waals surface area contributed by atoms with E-state index in [9.17, 15) is 0 Å². The van der Waals surface area contributed by atoms with Crippen LogP contribution in [0.2, 0.25) is 23.2 Å². The van der Waals surface area contributed by atoms with Crippen LogP contribution in [0.15, 0.2) is 85.0 Å². The lowest BCUT2D eigenvalue weighted by Crippen LogP contribution is -2.50. The molecule has 0 heterocycles. The Hall–Kier alpha value is -2.38. The fraction of sp³-hybridized carbons (Fsp3) is 0.545. The third kappa shape index (κ3) is 5.64. The third-order valence-electron chi connectivity index (χ3n) is 13.1. The van der Waals surface area contributed by atoms with E-state index in [1.165, 1.54) is 47.2 Å². The summed E-state index contributed by atoms with van der Waals surface area (Å²) < 4.78 is 0. The first-order valence-corrected chi connectivity index (χ1v) is 20.9. The minimum absolute atomic E-state index is 0.191. The molecule has 0 nitrogen and oxygen atoms in total. The summed E-state index contributed by atoms with van der Waals surface area (Å²) in [5, 5.41) is 0. The number of hydrogen-bond acceptors (Lipinski definition) is 0. The van der Waals surface area contributed by atoms with Crippen LogP contribution in [0.4, 0.5) is 0 Å². The molecule has 2 aromatic rings. The molecule has 8 unspecified atom stereocenters. The number of hydrogen-bond donors (Lipinski definition) is 0. The Labute approximate surface area is 277 Å². The number of benzene rings is 2. The first-order chi connectivity index (χ1) is 21.3. The standard InChI is InChI=1S/C44H60Si/c1-11-45(12-2,41-29(3)27-39-35(15-13-17-37(39)41)31-19-23-33(24-20-31)43(5,6)7)42-30(4)28-40-36(16-14-18-38(40)42)32-21-25-34(26-22-32)44(8,9)10/h13-26,29-30,37-42H,11-12,27-28H2,1-10H3. The van der Waals surface area contributed by atoms with Crippen LogP contribution in [0.5, 0.6) is 0 Å². The monoisotopic (exact) mass is 616 g/mol. The zero-order valence-corrected chi connectivity index (χ0v) is 31.0. The third-order valence-corrected chi connectivity index (χ3v) is 20.3. The zero-order valence-electron chi connectivity index (χ0n) is 30.0. The number of fused-ring (bicyclic) bond motifs is 2. The van der Waals surface area contributed by atoms with E-state index in [1.807, 2.05) is 0 Å². The van der Waals surface area contributed by atoms with Gasteiger partial charge >= 0.3 is 0 Å². The van der Waals surface area contributed by atoms with E-state index < -0.39 is 8.07 Å².